The molecule has 13 heavy (non-hydrogen) atoms. The standard InChI is InChI=1S/C8H10F2N2O/c9-8(10,5-13)7(11)6-2-1-3-12-4-6/h1-4,7,13H,5,11H2/t7-/m0/s1. The fourth-order valence-electron chi connectivity index (χ4n) is 0.902. The van der Waals surface area contributed by atoms with Crippen LogP contribution < -0.4 is 5.73 Å². The lowest BCUT2D eigenvalue weighted by atomic mass is 10.0. The SMILES string of the molecule is N[C@@H](c1cccnc1)C(F)(F)CO. The molecule has 0 aliphatic rings. The zero-order valence-corrected chi connectivity index (χ0v) is 6.82. The van der Waals surface area contributed by atoms with E-state index in [4.69, 9.17) is 10.8 Å². The predicted molar refractivity (Wildman–Crippen MR) is 43.2 cm³/mol. The number of halogens is 2. The highest BCUT2D eigenvalue weighted by Crippen LogP contribution is 2.27. The van der Waals surface area contributed by atoms with Gasteiger partial charge in [-0.2, -0.15) is 0 Å². The van der Waals surface area contributed by atoms with Gasteiger partial charge in [0.25, 0.3) is 5.92 Å². The molecule has 0 bridgehead atoms. The van der Waals surface area contributed by atoms with Gasteiger partial charge in [0.15, 0.2) is 0 Å². The Kier molecular flexibility index (Phi) is 2.90. The van der Waals surface area contributed by atoms with Crippen molar-refractivity contribution < 1.29 is 13.9 Å². The Morgan fingerprint density at radius 1 is 1.62 bits per heavy atom. The van der Waals surface area contributed by atoms with Gasteiger partial charge in [-0.05, 0) is 11.6 Å². The molecule has 0 radical (unpaired) electrons. The summed E-state index contributed by atoms with van der Waals surface area (Å²) in [5.74, 6) is -3.30. The highest BCUT2D eigenvalue weighted by molar-refractivity contribution is 5.16. The third-order valence-corrected chi connectivity index (χ3v) is 1.71. The van der Waals surface area contributed by atoms with Crippen LogP contribution in [-0.4, -0.2) is 22.6 Å². The number of rotatable bonds is 3. The molecule has 0 saturated heterocycles. The second-order valence-corrected chi connectivity index (χ2v) is 2.68. The fraction of sp³-hybridized carbons (Fsp3) is 0.375. The zero-order valence-electron chi connectivity index (χ0n) is 6.82. The minimum absolute atomic E-state index is 0.210. The first kappa shape index (κ1) is 10.0. The topological polar surface area (TPSA) is 59.1 Å². The molecule has 5 heteroatoms. The third-order valence-electron chi connectivity index (χ3n) is 1.71. The van der Waals surface area contributed by atoms with E-state index in [9.17, 15) is 8.78 Å². The highest BCUT2D eigenvalue weighted by atomic mass is 19.3. The second kappa shape index (κ2) is 3.76. The molecular weight excluding hydrogens is 178 g/mol. The van der Waals surface area contributed by atoms with E-state index in [1.54, 1.807) is 0 Å². The number of pyridine rings is 1. The zero-order chi connectivity index (χ0) is 9.90. The van der Waals surface area contributed by atoms with Crippen LogP contribution in [0.15, 0.2) is 24.5 Å². The Balaban J connectivity index is 2.85. The van der Waals surface area contributed by atoms with Gasteiger partial charge in [0, 0.05) is 12.4 Å². The number of aliphatic hydroxyl groups excluding tert-OH is 1. The van der Waals surface area contributed by atoms with Gasteiger partial charge in [-0.3, -0.25) is 4.98 Å². The molecule has 0 aliphatic heterocycles. The van der Waals surface area contributed by atoms with E-state index in [1.807, 2.05) is 0 Å². The maximum absolute atomic E-state index is 12.8. The molecular formula is C8H10F2N2O. The molecule has 1 aromatic rings. The van der Waals surface area contributed by atoms with Gasteiger partial charge in [0.2, 0.25) is 0 Å². The number of hydrogen-bond acceptors (Lipinski definition) is 3. The highest BCUT2D eigenvalue weighted by Gasteiger charge is 2.37. The van der Waals surface area contributed by atoms with Crippen LogP contribution in [0.25, 0.3) is 0 Å². The molecule has 0 saturated carbocycles. The van der Waals surface area contributed by atoms with E-state index in [0.29, 0.717) is 0 Å². The van der Waals surface area contributed by atoms with Crippen LogP contribution in [-0.2, 0) is 0 Å². The Morgan fingerprint density at radius 2 is 2.31 bits per heavy atom. The van der Waals surface area contributed by atoms with Crippen LogP contribution in [0.3, 0.4) is 0 Å². The fourth-order valence-corrected chi connectivity index (χ4v) is 0.902. The molecule has 72 valence electrons. The van der Waals surface area contributed by atoms with Crippen molar-refractivity contribution in [2.24, 2.45) is 5.73 Å². The van der Waals surface area contributed by atoms with Crippen LogP contribution in [0, 0.1) is 0 Å². The van der Waals surface area contributed by atoms with Crippen molar-refractivity contribution in [1.29, 1.82) is 0 Å². The quantitative estimate of drug-likeness (QED) is 0.734. The Bertz CT molecular complexity index is 266. The minimum atomic E-state index is -3.30. The average molecular weight is 188 g/mol. The van der Waals surface area contributed by atoms with Crippen LogP contribution >= 0.6 is 0 Å². The lowest BCUT2D eigenvalue weighted by Crippen LogP contribution is -2.36. The molecule has 1 heterocycles. The van der Waals surface area contributed by atoms with Crippen molar-refractivity contribution in [3.8, 4) is 0 Å². The molecule has 3 N–H and O–H groups in total. The van der Waals surface area contributed by atoms with E-state index in [2.05, 4.69) is 4.98 Å². The Hall–Kier alpha value is -1.07. The number of nitrogens with zero attached hydrogens (tertiary/aromatic N) is 1. The van der Waals surface area contributed by atoms with Crippen molar-refractivity contribution in [1.82, 2.24) is 4.98 Å². The summed E-state index contributed by atoms with van der Waals surface area (Å²) in [7, 11) is 0. The van der Waals surface area contributed by atoms with Gasteiger partial charge in [-0.1, -0.05) is 6.07 Å². The molecule has 0 fully saturated rings. The van der Waals surface area contributed by atoms with Crippen LogP contribution in [0.4, 0.5) is 8.78 Å². The summed E-state index contributed by atoms with van der Waals surface area (Å²) in [4.78, 5) is 3.66. The number of aromatic nitrogens is 1. The monoisotopic (exact) mass is 188 g/mol. The molecule has 1 atom stereocenters. The summed E-state index contributed by atoms with van der Waals surface area (Å²) in [5.41, 5.74) is 5.44. The van der Waals surface area contributed by atoms with Crippen molar-refractivity contribution >= 4 is 0 Å². The minimum Gasteiger partial charge on any atom is -0.390 e. The van der Waals surface area contributed by atoms with Gasteiger partial charge in [0.1, 0.15) is 6.61 Å². The Morgan fingerprint density at radius 3 is 2.77 bits per heavy atom. The molecule has 3 nitrogen and oxygen atoms in total. The average Bonchev–Trinajstić information content (AvgIpc) is 2.18. The maximum Gasteiger partial charge on any atom is 0.289 e. The smallest absolute Gasteiger partial charge is 0.289 e. The first-order valence-corrected chi connectivity index (χ1v) is 3.72. The Labute approximate surface area is 74.2 Å². The lowest BCUT2D eigenvalue weighted by molar-refractivity contribution is -0.0712. The normalized spacial score (nSPS) is 14.2. The van der Waals surface area contributed by atoms with Crippen LogP contribution in [0.5, 0.6) is 0 Å². The summed E-state index contributed by atoms with van der Waals surface area (Å²) in [5, 5.41) is 8.38. The first-order chi connectivity index (χ1) is 6.08. The second-order valence-electron chi connectivity index (χ2n) is 2.68. The lowest BCUT2D eigenvalue weighted by Gasteiger charge is -2.20. The summed E-state index contributed by atoms with van der Waals surface area (Å²) >= 11 is 0. The van der Waals surface area contributed by atoms with Crippen molar-refractivity contribution in [2.45, 2.75) is 12.0 Å². The molecule has 0 aliphatic carbocycles. The molecule has 1 aromatic heterocycles. The van der Waals surface area contributed by atoms with E-state index in [0.717, 1.165) is 0 Å². The summed E-state index contributed by atoms with van der Waals surface area (Å²) < 4.78 is 25.7. The van der Waals surface area contributed by atoms with E-state index >= 15 is 0 Å². The van der Waals surface area contributed by atoms with Crippen molar-refractivity contribution in [3.05, 3.63) is 30.1 Å². The summed E-state index contributed by atoms with van der Waals surface area (Å²) in [6.07, 6.45) is 2.72. The number of alkyl halides is 2. The van der Waals surface area contributed by atoms with Crippen LogP contribution in [0.1, 0.15) is 11.6 Å². The number of aliphatic hydroxyl groups is 1. The van der Waals surface area contributed by atoms with Gasteiger partial charge in [-0.25, -0.2) is 8.78 Å². The maximum atomic E-state index is 12.8. The predicted octanol–water partition coefficient (Wildman–Crippen LogP) is 0.709. The summed E-state index contributed by atoms with van der Waals surface area (Å²) in [6.45, 7) is -1.26. The number of nitrogens with two attached hydrogens (primary N) is 1. The van der Waals surface area contributed by atoms with Crippen molar-refractivity contribution in [3.63, 3.8) is 0 Å². The number of hydrogen-bond donors (Lipinski definition) is 2. The molecule has 0 spiro atoms. The van der Waals surface area contributed by atoms with Gasteiger partial charge in [-0.15, -0.1) is 0 Å². The largest absolute Gasteiger partial charge is 0.390 e. The van der Waals surface area contributed by atoms with Gasteiger partial charge < -0.3 is 10.8 Å². The molecule has 0 aromatic carbocycles. The third kappa shape index (κ3) is 2.19. The van der Waals surface area contributed by atoms with E-state index < -0.39 is 18.6 Å². The summed E-state index contributed by atoms with van der Waals surface area (Å²) in [6, 6.07) is 1.45. The van der Waals surface area contributed by atoms with Gasteiger partial charge >= 0.3 is 0 Å². The van der Waals surface area contributed by atoms with E-state index in [-0.39, 0.29) is 5.56 Å². The molecule has 1 rings (SSSR count). The van der Waals surface area contributed by atoms with E-state index in [1.165, 1.54) is 24.5 Å². The molecule has 0 unspecified atom stereocenters. The molecule has 0 amide bonds. The van der Waals surface area contributed by atoms with Crippen molar-refractivity contribution in [2.75, 3.05) is 6.61 Å². The van der Waals surface area contributed by atoms with Gasteiger partial charge in [0.05, 0.1) is 6.04 Å². The van der Waals surface area contributed by atoms with Crippen LogP contribution in [0.2, 0.25) is 0 Å². The first-order valence-electron chi connectivity index (χ1n) is 3.72.